The van der Waals surface area contributed by atoms with E-state index in [2.05, 4.69) is 10.3 Å². The van der Waals surface area contributed by atoms with Gasteiger partial charge in [-0.2, -0.15) is 0 Å². The van der Waals surface area contributed by atoms with Gasteiger partial charge >= 0.3 is 5.97 Å². The SMILES string of the molecule is CN(C)C(=O)CNC(=O)COC(=O)c1ccccn1. The van der Waals surface area contributed by atoms with E-state index in [0.29, 0.717) is 0 Å². The zero-order valence-corrected chi connectivity index (χ0v) is 10.8. The number of aromatic nitrogens is 1. The van der Waals surface area contributed by atoms with Crippen molar-refractivity contribution in [3.05, 3.63) is 30.1 Å². The van der Waals surface area contributed by atoms with Gasteiger partial charge in [0.05, 0.1) is 6.54 Å². The van der Waals surface area contributed by atoms with Gasteiger partial charge in [-0.15, -0.1) is 0 Å². The molecule has 1 N–H and O–H groups in total. The number of carbonyl (C=O) groups is 3. The van der Waals surface area contributed by atoms with Crippen LogP contribution in [0.4, 0.5) is 0 Å². The zero-order chi connectivity index (χ0) is 14.3. The van der Waals surface area contributed by atoms with Crippen LogP contribution in [0.25, 0.3) is 0 Å². The molecule has 0 fully saturated rings. The molecular weight excluding hydrogens is 250 g/mol. The Labute approximate surface area is 110 Å². The van der Waals surface area contributed by atoms with E-state index in [9.17, 15) is 14.4 Å². The van der Waals surface area contributed by atoms with Crippen LogP contribution in [0.1, 0.15) is 10.5 Å². The van der Waals surface area contributed by atoms with Gasteiger partial charge in [0.25, 0.3) is 5.91 Å². The Kier molecular flexibility index (Phi) is 5.46. The lowest BCUT2D eigenvalue weighted by Gasteiger charge is -2.10. The van der Waals surface area contributed by atoms with E-state index in [0.717, 1.165) is 0 Å². The molecule has 0 aromatic carbocycles. The number of esters is 1. The van der Waals surface area contributed by atoms with Gasteiger partial charge in [-0.3, -0.25) is 9.59 Å². The first kappa shape index (κ1) is 14.6. The highest BCUT2D eigenvalue weighted by Crippen LogP contribution is 1.96. The first-order valence-electron chi connectivity index (χ1n) is 5.55. The number of hydrogen-bond acceptors (Lipinski definition) is 5. The first-order valence-corrected chi connectivity index (χ1v) is 5.55. The van der Waals surface area contributed by atoms with E-state index in [1.807, 2.05) is 0 Å². The molecule has 0 unspecified atom stereocenters. The fourth-order valence-electron chi connectivity index (χ4n) is 1.07. The molecular formula is C12H15N3O4. The summed E-state index contributed by atoms with van der Waals surface area (Å²) in [4.78, 5) is 39.1. The number of nitrogens with one attached hydrogen (secondary N) is 1. The second-order valence-electron chi connectivity index (χ2n) is 3.86. The fraction of sp³-hybridized carbons (Fsp3) is 0.333. The van der Waals surface area contributed by atoms with Gasteiger partial charge in [0.2, 0.25) is 5.91 Å². The standard InChI is InChI=1S/C12H15N3O4/c1-15(2)11(17)7-14-10(16)8-19-12(18)9-5-3-4-6-13-9/h3-6H,7-8H2,1-2H3,(H,14,16). The molecule has 0 atom stereocenters. The maximum Gasteiger partial charge on any atom is 0.357 e. The number of nitrogens with zero attached hydrogens (tertiary/aromatic N) is 2. The van der Waals surface area contributed by atoms with Crippen LogP contribution in [0.5, 0.6) is 0 Å². The maximum atomic E-state index is 11.5. The summed E-state index contributed by atoms with van der Waals surface area (Å²) in [6.45, 7) is -0.580. The average molecular weight is 265 g/mol. The molecule has 102 valence electrons. The Hall–Kier alpha value is -2.44. The highest BCUT2D eigenvalue weighted by Gasteiger charge is 2.12. The van der Waals surface area contributed by atoms with Crippen molar-refractivity contribution in [2.24, 2.45) is 0 Å². The lowest BCUT2D eigenvalue weighted by Crippen LogP contribution is -2.38. The van der Waals surface area contributed by atoms with Crippen LogP contribution in [-0.2, 0) is 14.3 Å². The van der Waals surface area contributed by atoms with E-state index in [1.165, 1.54) is 17.2 Å². The summed E-state index contributed by atoms with van der Waals surface area (Å²) in [7, 11) is 3.16. The third kappa shape index (κ3) is 5.15. The molecule has 0 saturated heterocycles. The van der Waals surface area contributed by atoms with Crippen molar-refractivity contribution >= 4 is 17.8 Å². The predicted molar refractivity (Wildman–Crippen MR) is 66.2 cm³/mol. The van der Waals surface area contributed by atoms with Crippen molar-refractivity contribution in [2.45, 2.75) is 0 Å². The molecule has 1 heterocycles. The van der Waals surface area contributed by atoms with Crippen LogP contribution in [0.2, 0.25) is 0 Å². The van der Waals surface area contributed by atoms with Gasteiger partial charge < -0.3 is 15.0 Å². The highest BCUT2D eigenvalue weighted by molar-refractivity contribution is 5.90. The molecule has 0 spiro atoms. The van der Waals surface area contributed by atoms with E-state index in [4.69, 9.17) is 4.74 Å². The number of hydrogen-bond donors (Lipinski definition) is 1. The number of carbonyl (C=O) groups excluding carboxylic acids is 3. The Morgan fingerprint density at radius 2 is 2.05 bits per heavy atom. The predicted octanol–water partition coefficient (Wildman–Crippen LogP) is -0.557. The molecule has 19 heavy (non-hydrogen) atoms. The first-order chi connectivity index (χ1) is 9.00. The molecule has 0 radical (unpaired) electrons. The molecule has 0 aliphatic carbocycles. The van der Waals surface area contributed by atoms with E-state index in [1.54, 1.807) is 26.2 Å². The smallest absolute Gasteiger partial charge is 0.357 e. The Balaban J connectivity index is 2.31. The van der Waals surface area contributed by atoms with Gasteiger partial charge in [-0.25, -0.2) is 9.78 Å². The third-order valence-corrected chi connectivity index (χ3v) is 2.14. The number of ether oxygens (including phenoxy) is 1. The topological polar surface area (TPSA) is 88.6 Å². The lowest BCUT2D eigenvalue weighted by molar-refractivity contribution is -0.131. The molecule has 7 heteroatoms. The normalized spacial score (nSPS) is 9.58. The molecule has 2 amide bonds. The summed E-state index contributed by atoms with van der Waals surface area (Å²) in [5.74, 6) is -1.47. The Morgan fingerprint density at radius 1 is 1.32 bits per heavy atom. The molecule has 0 bridgehead atoms. The Bertz CT molecular complexity index is 459. The van der Waals surface area contributed by atoms with Gasteiger partial charge in [0.1, 0.15) is 5.69 Å². The quantitative estimate of drug-likeness (QED) is 0.721. The van der Waals surface area contributed by atoms with Crippen LogP contribution in [0.3, 0.4) is 0 Å². The van der Waals surface area contributed by atoms with Crippen LogP contribution < -0.4 is 5.32 Å². The van der Waals surface area contributed by atoms with Crippen LogP contribution in [-0.4, -0.2) is 54.9 Å². The van der Waals surface area contributed by atoms with Crippen LogP contribution >= 0.6 is 0 Å². The average Bonchev–Trinajstić information content (AvgIpc) is 2.42. The number of pyridine rings is 1. The number of amides is 2. The molecule has 0 aliphatic heterocycles. The molecule has 7 nitrogen and oxygen atoms in total. The lowest BCUT2D eigenvalue weighted by atomic mass is 10.3. The monoisotopic (exact) mass is 265 g/mol. The second kappa shape index (κ2) is 7.10. The minimum Gasteiger partial charge on any atom is -0.451 e. The van der Waals surface area contributed by atoms with E-state index >= 15 is 0 Å². The van der Waals surface area contributed by atoms with Gasteiger partial charge in [-0.1, -0.05) is 6.07 Å². The minimum atomic E-state index is -0.685. The molecule has 0 saturated carbocycles. The molecule has 1 aromatic rings. The largest absolute Gasteiger partial charge is 0.451 e. The van der Waals surface area contributed by atoms with Crippen molar-refractivity contribution in [1.82, 2.24) is 15.2 Å². The molecule has 0 aliphatic rings. The Morgan fingerprint density at radius 3 is 2.63 bits per heavy atom. The van der Waals surface area contributed by atoms with Crippen molar-refractivity contribution in [2.75, 3.05) is 27.2 Å². The summed E-state index contributed by atoms with van der Waals surface area (Å²) in [5, 5.41) is 2.34. The summed E-state index contributed by atoms with van der Waals surface area (Å²) in [6, 6.07) is 4.78. The molecule has 1 aromatic heterocycles. The van der Waals surface area contributed by atoms with Crippen LogP contribution in [0.15, 0.2) is 24.4 Å². The zero-order valence-electron chi connectivity index (χ0n) is 10.8. The summed E-state index contributed by atoms with van der Waals surface area (Å²) < 4.78 is 4.74. The van der Waals surface area contributed by atoms with Crippen molar-refractivity contribution in [3.63, 3.8) is 0 Å². The van der Waals surface area contributed by atoms with Gasteiger partial charge in [0, 0.05) is 20.3 Å². The van der Waals surface area contributed by atoms with Gasteiger partial charge in [-0.05, 0) is 12.1 Å². The maximum absolute atomic E-state index is 11.5. The van der Waals surface area contributed by atoms with Gasteiger partial charge in [0.15, 0.2) is 6.61 Å². The second-order valence-corrected chi connectivity index (χ2v) is 3.86. The van der Waals surface area contributed by atoms with Crippen molar-refractivity contribution in [3.8, 4) is 0 Å². The number of rotatable bonds is 5. The van der Waals surface area contributed by atoms with Crippen LogP contribution in [0, 0.1) is 0 Å². The fourth-order valence-corrected chi connectivity index (χ4v) is 1.07. The highest BCUT2D eigenvalue weighted by atomic mass is 16.5. The summed E-state index contributed by atoms with van der Waals surface area (Å²) in [6.07, 6.45) is 1.45. The van der Waals surface area contributed by atoms with Crippen molar-refractivity contribution in [1.29, 1.82) is 0 Å². The van der Waals surface area contributed by atoms with E-state index in [-0.39, 0.29) is 18.1 Å². The molecule has 1 rings (SSSR count). The number of likely N-dealkylation sites (N-methyl/N-ethyl adjacent to an activating group) is 1. The van der Waals surface area contributed by atoms with E-state index < -0.39 is 18.5 Å². The third-order valence-electron chi connectivity index (χ3n) is 2.14. The van der Waals surface area contributed by atoms with Crippen molar-refractivity contribution < 1.29 is 19.1 Å². The summed E-state index contributed by atoms with van der Waals surface area (Å²) >= 11 is 0. The summed E-state index contributed by atoms with van der Waals surface area (Å²) in [5.41, 5.74) is 0.125. The minimum absolute atomic E-state index is 0.125.